The molecule has 0 N–H and O–H groups in total. The maximum Gasteiger partial charge on any atom is 0.164 e. The summed E-state index contributed by atoms with van der Waals surface area (Å²) in [7, 11) is 0. The molecule has 1 saturated carbocycles. The van der Waals surface area contributed by atoms with Gasteiger partial charge < -0.3 is 4.74 Å². The third-order valence-electron chi connectivity index (χ3n) is 4.50. The highest BCUT2D eigenvalue weighted by atomic mass is 16.5. The number of rotatable bonds is 2. The van der Waals surface area contributed by atoms with Crippen LogP contribution in [0.3, 0.4) is 0 Å². The molecule has 0 aromatic rings. The molecular weight excluding hydrogens is 200 g/mol. The van der Waals surface area contributed by atoms with Gasteiger partial charge in [-0.25, -0.2) is 0 Å². The van der Waals surface area contributed by atoms with Crippen molar-refractivity contribution in [2.45, 2.75) is 58.5 Å². The second-order valence-electron chi connectivity index (χ2n) is 5.72. The van der Waals surface area contributed by atoms with Gasteiger partial charge >= 0.3 is 0 Å². The quantitative estimate of drug-likeness (QED) is 0.720. The Morgan fingerprint density at radius 3 is 2.50 bits per heavy atom. The molecule has 2 nitrogen and oxygen atoms in total. The standard InChI is InChI=1S/C14H24O2/c1-10-6-7-12(9-11(10)2)14(15)13-5-3-4-8-16-13/h10-13H,3-9H2,1-2H3. The topological polar surface area (TPSA) is 26.3 Å². The Bertz CT molecular complexity index is 243. The summed E-state index contributed by atoms with van der Waals surface area (Å²) in [5.74, 6) is 2.18. The van der Waals surface area contributed by atoms with E-state index in [4.69, 9.17) is 4.74 Å². The van der Waals surface area contributed by atoms with Gasteiger partial charge in [-0.15, -0.1) is 0 Å². The van der Waals surface area contributed by atoms with Crippen LogP contribution in [0.5, 0.6) is 0 Å². The number of carbonyl (C=O) groups is 1. The van der Waals surface area contributed by atoms with E-state index in [1.165, 1.54) is 6.42 Å². The molecule has 92 valence electrons. The van der Waals surface area contributed by atoms with Gasteiger partial charge in [-0.2, -0.15) is 0 Å². The summed E-state index contributed by atoms with van der Waals surface area (Å²) in [6.07, 6.45) is 6.56. The second kappa shape index (κ2) is 5.31. The smallest absolute Gasteiger partial charge is 0.164 e. The summed E-state index contributed by atoms with van der Waals surface area (Å²) in [5.41, 5.74) is 0. The van der Waals surface area contributed by atoms with E-state index >= 15 is 0 Å². The third-order valence-corrected chi connectivity index (χ3v) is 4.50. The fourth-order valence-corrected chi connectivity index (χ4v) is 3.03. The molecule has 0 amide bonds. The molecule has 0 aromatic carbocycles. The van der Waals surface area contributed by atoms with Crippen molar-refractivity contribution in [2.24, 2.45) is 17.8 Å². The van der Waals surface area contributed by atoms with Crippen LogP contribution in [-0.2, 0) is 9.53 Å². The average molecular weight is 224 g/mol. The van der Waals surface area contributed by atoms with Gasteiger partial charge in [-0.3, -0.25) is 4.79 Å². The van der Waals surface area contributed by atoms with Gasteiger partial charge in [0.15, 0.2) is 5.78 Å². The monoisotopic (exact) mass is 224 g/mol. The first-order valence-corrected chi connectivity index (χ1v) is 6.84. The van der Waals surface area contributed by atoms with Crippen LogP contribution in [0.15, 0.2) is 0 Å². The van der Waals surface area contributed by atoms with Crippen LogP contribution < -0.4 is 0 Å². The highest BCUT2D eigenvalue weighted by molar-refractivity contribution is 5.85. The molecule has 4 atom stereocenters. The maximum atomic E-state index is 12.3. The number of carbonyl (C=O) groups excluding carboxylic acids is 1. The Balaban J connectivity index is 1.89. The molecule has 4 unspecified atom stereocenters. The lowest BCUT2D eigenvalue weighted by Crippen LogP contribution is -2.36. The van der Waals surface area contributed by atoms with Crippen molar-refractivity contribution in [1.82, 2.24) is 0 Å². The molecule has 2 aliphatic rings. The van der Waals surface area contributed by atoms with Gasteiger partial charge in [-0.1, -0.05) is 13.8 Å². The van der Waals surface area contributed by atoms with Crippen LogP contribution in [0.2, 0.25) is 0 Å². The van der Waals surface area contributed by atoms with Crippen molar-refractivity contribution in [3.05, 3.63) is 0 Å². The Labute approximate surface area is 98.7 Å². The average Bonchev–Trinajstić information content (AvgIpc) is 2.33. The van der Waals surface area contributed by atoms with Crippen LogP contribution in [-0.4, -0.2) is 18.5 Å². The number of Topliss-reactive ketones (excluding diaryl/α,β-unsaturated/α-hetero) is 1. The lowest BCUT2D eigenvalue weighted by molar-refractivity contribution is -0.139. The largest absolute Gasteiger partial charge is 0.370 e. The van der Waals surface area contributed by atoms with Crippen molar-refractivity contribution in [2.75, 3.05) is 6.61 Å². The van der Waals surface area contributed by atoms with Crippen molar-refractivity contribution in [1.29, 1.82) is 0 Å². The van der Waals surface area contributed by atoms with Crippen LogP contribution in [0.1, 0.15) is 52.4 Å². The summed E-state index contributed by atoms with van der Waals surface area (Å²) in [5, 5.41) is 0. The van der Waals surface area contributed by atoms with E-state index < -0.39 is 0 Å². The van der Waals surface area contributed by atoms with Gasteiger partial charge in [0.1, 0.15) is 6.10 Å². The Kier molecular flexibility index (Phi) is 4.01. The first-order valence-electron chi connectivity index (χ1n) is 6.84. The normalized spacial score (nSPS) is 40.6. The van der Waals surface area contributed by atoms with E-state index in [1.807, 2.05) is 0 Å². The van der Waals surface area contributed by atoms with Crippen molar-refractivity contribution >= 4 is 5.78 Å². The zero-order valence-corrected chi connectivity index (χ0v) is 10.6. The van der Waals surface area contributed by atoms with Gasteiger partial charge in [-0.05, 0) is 50.4 Å². The minimum Gasteiger partial charge on any atom is -0.370 e. The third kappa shape index (κ3) is 2.65. The predicted molar refractivity (Wildman–Crippen MR) is 64.3 cm³/mol. The molecule has 16 heavy (non-hydrogen) atoms. The van der Waals surface area contributed by atoms with Gasteiger partial charge in [0, 0.05) is 12.5 Å². The number of hydrogen-bond acceptors (Lipinski definition) is 2. The van der Waals surface area contributed by atoms with Gasteiger partial charge in [0.2, 0.25) is 0 Å². The van der Waals surface area contributed by atoms with Crippen molar-refractivity contribution in [3.63, 3.8) is 0 Å². The fourth-order valence-electron chi connectivity index (χ4n) is 3.03. The highest BCUT2D eigenvalue weighted by Gasteiger charge is 2.33. The minimum atomic E-state index is -0.0700. The predicted octanol–water partition coefficient (Wildman–Crippen LogP) is 3.20. The molecule has 1 heterocycles. The molecule has 1 saturated heterocycles. The van der Waals surface area contributed by atoms with Crippen LogP contribution >= 0.6 is 0 Å². The molecular formula is C14H24O2. The number of ether oxygens (including phenoxy) is 1. The Hall–Kier alpha value is -0.370. The molecule has 1 aliphatic carbocycles. The molecule has 2 fully saturated rings. The van der Waals surface area contributed by atoms with E-state index in [9.17, 15) is 4.79 Å². The zero-order valence-electron chi connectivity index (χ0n) is 10.6. The molecule has 2 heteroatoms. The van der Waals surface area contributed by atoms with E-state index in [-0.39, 0.29) is 12.0 Å². The van der Waals surface area contributed by atoms with Crippen LogP contribution in [0, 0.1) is 17.8 Å². The second-order valence-corrected chi connectivity index (χ2v) is 5.72. The molecule has 0 aromatic heterocycles. The Morgan fingerprint density at radius 1 is 1.06 bits per heavy atom. The maximum absolute atomic E-state index is 12.3. The van der Waals surface area contributed by atoms with E-state index in [2.05, 4.69) is 13.8 Å². The van der Waals surface area contributed by atoms with Gasteiger partial charge in [0.05, 0.1) is 0 Å². The van der Waals surface area contributed by atoms with Gasteiger partial charge in [0.25, 0.3) is 0 Å². The summed E-state index contributed by atoms with van der Waals surface area (Å²) in [6, 6.07) is 0. The summed E-state index contributed by atoms with van der Waals surface area (Å²) in [6.45, 7) is 5.38. The summed E-state index contributed by atoms with van der Waals surface area (Å²) < 4.78 is 5.61. The zero-order chi connectivity index (χ0) is 11.5. The molecule has 0 spiro atoms. The van der Waals surface area contributed by atoms with Crippen molar-refractivity contribution < 1.29 is 9.53 Å². The van der Waals surface area contributed by atoms with Crippen LogP contribution in [0.25, 0.3) is 0 Å². The van der Waals surface area contributed by atoms with E-state index in [0.29, 0.717) is 11.7 Å². The lowest BCUT2D eigenvalue weighted by Gasteiger charge is -2.33. The number of hydrogen-bond donors (Lipinski definition) is 0. The number of ketones is 1. The molecule has 2 rings (SSSR count). The highest BCUT2D eigenvalue weighted by Crippen LogP contribution is 2.35. The minimum absolute atomic E-state index is 0.0700. The summed E-state index contributed by atoms with van der Waals surface area (Å²) >= 11 is 0. The molecule has 0 bridgehead atoms. The van der Waals surface area contributed by atoms with Crippen molar-refractivity contribution in [3.8, 4) is 0 Å². The van der Waals surface area contributed by atoms with E-state index in [0.717, 1.165) is 44.6 Å². The lowest BCUT2D eigenvalue weighted by atomic mass is 9.73. The summed E-state index contributed by atoms with van der Waals surface area (Å²) in [4.78, 5) is 12.3. The molecule has 1 aliphatic heterocycles. The van der Waals surface area contributed by atoms with Crippen LogP contribution in [0.4, 0.5) is 0 Å². The van der Waals surface area contributed by atoms with E-state index in [1.54, 1.807) is 0 Å². The first kappa shape index (κ1) is 12.1. The first-order chi connectivity index (χ1) is 7.68. The Morgan fingerprint density at radius 2 is 1.88 bits per heavy atom. The fraction of sp³-hybridized carbons (Fsp3) is 0.929. The molecule has 0 radical (unpaired) electrons. The SMILES string of the molecule is CC1CCC(C(=O)C2CCCCO2)CC1C.